The van der Waals surface area contributed by atoms with Crippen LogP contribution in [0.25, 0.3) is 22.4 Å². The molecule has 0 saturated carbocycles. The number of aromatic nitrogens is 3. The van der Waals surface area contributed by atoms with Crippen molar-refractivity contribution in [2.45, 2.75) is 40.0 Å². The Morgan fingerprint density at radius 3 is 2.41 bits per heavy atom. The minimum atomic E-state index is -0.00520. The van der Waals surface area contributed by atoms with E-state index in [1.807, 2.05) is 25.1 Å². The number of aliphatic hydroxyl groups excluding tert-OH is 1. The van der Waals surface area contributed by atoms with Crippen LogP contribution < -0.4 is 4.74 Å². The molecule has 2 heterocycles. The molecule has 0 aliphatic heterocycles. The Morgan fingerprint density at radius 2 is 1.81 bits per heavy atom. The van der Waals surface area contributed by atoms with Gasteiger partial charge in [-0.05, 0) is 41.7 Å². The van der Waals surface area contributed by atoms with Crippen molar-refractivity contribution in [2.75, 3.05) is 13.7 Å². The maximum absolute atomic E-state index is 9.56. The van der Waals surface area contributed by atoms with E-state index < -0.39 is 0 Å². The Bertz CT molecular complexity index is 916. The molecular weight excluding hydrogens is 338 g/mol. The molecule has 0 amide bonds. The van der Waals surface area contributed by atoms with E-state index in [-0.39, 0.29) is 12.5 Å². The molecule has 2 aromatic heterocycles. The van der Waals surface area contributed by atoms with E-state index in [9.17, 15) is 5.11 Å². The van der Waals surface area contributed by atoms with Crippen molar-refractivity contribution >= 4 is 11.1 Å². The Balaban J connectivity index is 2.17. The first-order valence-electron chi connectivity index (χ1n) is 9.39. The number of ether oxygens (including phenoxy) is 1. The number of pyridine rings is 1. The third-order valence-corrected chi connectivity index (χ3v) is 4.94. The fourth-order valence-electron chi connectivity index (χ4n) is 3.27. The molecule has 27 heavy (non-hydrogen) atoms. The van der Waals surface area contributed by atoms with E-state index in [1.54, 1.807) is 7.11 Å². The number of allylic oxidation sites excluding steroid dienone is 2. The molecule has 0 spiro atoms. The van der Waals surface area contributed by atoms with Gasteiger partial charge in [0, 0.05) is 18.2 Å². The zero-order chi connectivity index (χ0) is 19.7. The monoisotopic (exact) mass is 365 g/mol. The number of rotatable bonds is 6. The van der Waals surface area contributed by atoms with Gasteiger partial charge in [-0.25, -0.2) is 15.0 Å². The van der Waals surface area contributed by atoms with Crippen molar-refractivity contribution in [3.63, 3.8) is 0 Å². The highest BCUT2D eigenvalue weighted by atomic mass is 16.5. The molecule has 0 radical (unpaired) electrons. The van der Waals surface area contributed by atoms with Gasteiger partial charge in [0.05, 0.1) is 35.4 Å². The van der Waals surface area contributed by atoms with Crippen LogP contribution in [0.5, 0.6) is 5.88 Å². The minimum Gasteiger partial charge on any atom is -0.480 e. The van der Waals surface area contributed by atoms with Gasteiger partial charge < -0.3 is 9.84 Å². The van der Waals surface area contributed by atoms with E-state index in [0.717, 1.165) is 51.6 Å². The quantitative estimate of drug-likeness (QED) is 0.828. The van der Waals surface area contributed by atoms with Crippen LogP contribution in [0.1, 0.15) is 56.4 Å². The maximum atomic E-state index is 9.56. The lowest BCUT2D eigenvalue weighted by molar-refractivity contribution is 0.266. The smallest absolute Gasteiger partial charge is 0.222 e. The standard InChI is InChI=1S/C22H27N3O2/c1-7-17-20(15-8-9-18(12(2)3)24-22(15)27-6)25-19-13(4)10-16(14(5)11-26)21(19)23-17/h8-10,12,14,26H,4,7,11H2,1-3,5-6H3. The normalized spacial score (nSPS) is 14.3. The van der Waals surface area contributed by atoms with Crippen molar-refractivity contribution in [3.8, 4) is 17.1 Å². The van der Waals surface area contributed by atoms with Crippen LogP contribution >= 0.6 is 0 Å². The number of fused-ring (bicyclic) bond motifs is 1. The number of nitrogens with zero attached hydrogens (tertiary/aromatic N) is 3. The first-order valence-corrected chi connectivity index (χ1v) is 9.39. The number of methoxy groups -OCH3 is 1. The molecule has 0 bridgehead atoms. The summed E-state index contributed by atoms with van der Waals surface area (Å²) in [6.45, 7) is 12.4. The lowest BCUT2D eigenvalue weighted by Crippen LogP contribution is -2.09. The van der Waals surface area contributed by atoms with Crippen LogP contribution in [0.3, 0.4) is 0 Å². The predicted molar refractivity (Wildman–Crippen MR) is 109 cm³/mol. The summed E-state index contributed by atoms with van der Waals surface area (Å²) in [7, 11) is 1.63. The van der Waals surface area contributed by atoms with Gasteiger partial charge in [-0.2, -0.15) is 0 Å². The van der Waals surface area contributed by atoms with Gasteiger partial charge in [-0.1, -0.05) is 34.3 Å². The van der Waals surface area contributed by atoms with Crippen LogP contribution in [0.2, 0.25) is 0 Å². The molecule has 1 aliphatic carbocycles. The summed E-state index contributed by atoms with van der Waals surface area (Å²) in [5.74, 6) is 0.872. The average Bonchev–Trinajstić information content (AvgIpc) is 3.01. The molecule has 0 aromatic carbocycles. The van der Waals surface area contributed by atoms with E-state index in [4.69, 9.17) is 14.7 Å². The molecular formula is C22H27N3O2. The van der Waals surface area contributed by atoms with E-state index in [1.165, 1.54) is 0 Å². The highest BCUT2D eigenvalue weighted by Crippen LogP contribution is 2.39. The molecule has 1 N–H and O–H groups in total. The Labute approximate surface area is 160 Å². The van der Waals surface area contributed by atoms with Gasteiger partial charge in [-0.15, -0.1) is 0 Å². The second kappa shape index (κ2) is 7.61. The van der Waals surface area contributed by atoms with Crippen LogP contribution in [0.4, 0.5) is 0 Å². The summed E-state index contributed by atoms with van der Waals surface area (Å²) >= 11 is 0. The van der Waals surface area contributed by atoms with E-state index >= 15 is 0 Å². The molecule has 2 aromatic rings. The van der Waals surface area contributed by atoms with Crippen LogP contribution in [-0.4, -0.2) is 33.8 Å². The molecule has 1 aliphatic rings. The first-order chi connectivity index (χ1) is 12.9. The second-order valence-electron chi connectivity index (χ2n) is 7.23. The Morgan fingerprint density at radius 1 is 1.07 bits per heavy atom. The van der Waals surface area contributed by atoms with Gasteiger partial charge >= 0.3 is 0 Å². The third-order valence-electron chi connectivity index (χ3n) is 4.94. The maximum Gasteiger partial charge on any atom is 0.222 e. The third kappa shape index (κ3) is 3.39. The molecule has 5 nitrogen and oxygen atoms in total. The van der Waals surface area contributed by atoms with Crippen LogP contribution in [-0.2, 0) is 6.42 Å². The number of hydrogen-bond donors (Lipinski definition) is 1. The van der Waals surface area contributed by atoms with E-state index in [0.29, 0.717) is 11.8 Å². The summed E-state index contributed by atoms with van der Waals surface area (Å²) in [5, 5.41) is 9.56. The fraction of sp³-hybridized carbons (Fsp3) is 0.409. The highest BCUT2D eigenvalue weighted by molar-refractivity contribution is 5.93. The lowest BCUT2D eigenvalue weighted by atomic mass is 10.0. The largest absolute Gasteiger partial charge is 0.480 e. The SMILES string of the molecule is C=C1C=C(C(C)CO)c2nc(CC)c(-c3ccc(C(C)C)nc3OC)nc21. The number of aliphatic hydroxyl groups is 1. The van der Waals surface area contributed by atoms with Crippen LogP contribution in [0, 0.1) is 5.92 Å². The molecule has 0 fully saturated rings. The zero-order valence-corrected chi connectivity index (χ0v) is 16.7. The Kier molecular flexibility index (Phi) is 5.42. The highest BCUT2D eigenvalue weighted by Gasteiger charge is 2.27. The summed E-state index contributed by atoms with van der Waals surface area (Å²) in [5.41, 5.74) is 6.90. The van der Waals surface area contributed by atoms with Crippen molar-refractivity contribution in [2.24, 2.45) is 5.92 Å². The van der Waals surface area contributed by atoms with Gasteiger partial charge in [0.2, 0.25) is 5.88 Å². The molecule has 1 unspecified atom stereocenters. The summed E-state index contributed by atoms with van der Waals surface area (Å²) in [6, 6.07) is 4.03. The Hall–Kier alpha value is -2.53. The summed E-state index contributed by atoms with van der Waals surface area (Å²) in [4.78, 5) is 14.5. The molecule has 142 valence electrons. The predicted octanol–water partition coefficient (Wildman–Crippen LogP) is 4.27. The van der Waals surface area contributed by atoms with Gasteiger partial charge in [0.15, 0.2) is 0 Å². The van der Waals surface area contributed by atoms with Crippen LogP contribution in [0.15, 0.2) is 24.8 Å². The van der Waals surface area contributed by atoms with Gasteiger partial charge in [0.25, 0.3) is 0 Å². The van der Waals surface area contributed by atoms with Crippen molar-refractivity contribution in [1.82, 2.24) is 15.0 Å². The van der Waals surface area contributed by atoms with Gasteiger partial charge in [0.1, 0.15) is 0 Å². The van der Waals surface area contributed by atoms with E-state index in [2.05, 4.69) is 32.3 Å². The van der Waals surface area contributed by atoms with Crippen molar-refractivity contribution in [3.05, 3.63) is 47.6 Å². The molecule has 1 atom stereocenters. The topological polar surface area (TPSA) is 68.1 Å². The van der Waals surface area contributed by atoms with Crippen molar-refractivity contribution < 1.29 is 9.84 Å². The first kappa shape index (κ1) is 19.2. The molecule has 3 rings (SSSR count). The second-order valence-corrected chi connectivity index (χ2v) is 7.23. The number of aryl methyl sites for hydroxylation is 1. The summed E-state index contributed by atoms with van der Waals surface area (Å²) in [6.07, 6.45) is 2.71. The molecule has 5 heteroatoms. The zero-order valence-electron chi connectivity index (χ0n) is 16.7. The minimum absolute atomic E-state index is 0.00520. The number of hydrogen-bond acceptors (Lipinski definition) is 5. The fourth-order valence-corrected chi connectivity index (χ4v) is 3.27. The van der Waals surface area contributed by atoms with Crippen molar-refractivity contribution in [1.29, 1.82) is 0 Å². The molecule has 0 saturated heterocycles. The lowest BCUT2D eigenvalue weighted by Gasteiger charge is -2.16. The summed E-state index contributed by atoms with van der Waals surface area (Å²) < 4.78 is 5.57. The average molecular weight is 365 g/mol. The van der Waals surface area contributed by atoms with Gasteiger partial charge in [-0.3, -0.25) is 0 Å².